The predicted molar refractivity (Wildman–Crippen MR) is 84.9 cm³/mol. The molecule has 0 aliphatic heterocycles. The summed E-state index contributed by atoms with van der Waals surface area (Å²) in [5.41, 5.74) is 5.48. The van der Waals surface area contributed by atoms with E-state index in [2.05, 4.69) is 52.2 Å². The second kappa shape index (κ2) is 5.97. The Bertz CT molecular complexity index is 800. The van der Waals surface area contributed by atoms with Crippen molar-refractivity contribution in [2.24, 2.45) is 0 Å². The van der Waals surface area contributed by atoms with Gasteiger partial charge in [-0.2, -0.15) is 5.10 Å². The van der Waals surface area contributed by atoms with Gasteiger partial charge in [-0.05, 0) is 36.6 Å². The molecule has 0 amide bonds. The molecule has 0 fully saturated rings. The Balaban J connectivity index is 2.03. The van der Waals surface area contributed by atoms with Gasteiger partial charge in [-0.25, -0.2) is 10.1 Å². The number of aromatic amines is 2. The third-order valence-electron chi connectivity index (χ3n) is 4.07. The molecule has 2 heterocycles. The van der Waals surface area contributed by atoms with Crippen molar-refractivity contribution in [3.05, 3.63) is 81.3 Å². The highest BCUT2D eigenvalue weighted by molar-refractivity contribution is 5.39. The van der Waals surface area contributed by atoms with Crippen LogP contribution in [-0.2, 0) is 6.42 Å². The van der Waals surface area contributed by atoms with Gasteiger partial charge < -0.3 is 4.98 Å². The first-order chi connectivity index (χ1) is 10.6. The SMILES string of the molecule is Cc1cccc(C(Cc2ccc(=O)[nH]n2)c2cnc[nH]2)c1C. The molecule has 0 bridgehead atoms. The summed E-state index contributed by atoms with van der Waals surface area (Å²) in [5.74, 6) is 0.126. The Morgan fingerprint density at radius 1 is 1.18 bits per heavy atom. The summed E-state index contributed by atoms with van der Waals surface area (Å²) >= 11 is 0. The van der Waals surface area contributed by atoms with E-state index >= 15 is 0 Å². The Hall–Kier alpha value is -2.69. The number of hydrogen-bond acceptors (Lipinski definition) is 3. The molecule has 2 N–H and O–H groups in total. The first kappa shape index (κ1) is 14.3. The van der Waals surface area contributed by atoms with Gasteiger partial charge in [0.25, 0.3) is 5.56 Å². The highest BCUT2D eigenvalue weighted by Crippen LogP contribution is 2.29. The minimum Gasteiger partial charge on any atom is -0.348 e. The zero-order chi connectivity index (χ0) is 15.5. The number of nitrogens with zero attached hydrogens (tertiary/aromatic N) is 2. The van der Waals surface area contributed by atoms with Gasteiger partial charge in [0.15, 0.2) is 0 Å². The molecule has 5 heteroatoms. The smallest absolute Gasteiger partial charge is 0.264 e. The van der Waals surface area contributed by atoms with Crippen molar-refractivity contribution in [1.29, 1.82) is 0 Å². The van der Waals surface area contributed by atoms with E-state index in [4.69, 9.17) is 0 Å². The maximum atomic E-state index is 11.2. The van der Waals surface area contributed by atoms with Crippen molar-refractivity contribution in [2.75, 3.05) is 0 Å². The molecule has 1 unspecified atom stereocenters. The Morgan fingerprint density at radius 2 is 2.05 bits per heavy atom. The Kier molecular flexibility index (Phi) is 3.87. The van der Waals surface area contributed by atoms with Crippen LogP contribution < -0.4 is 5.56 Å². The molecule has 0 radical (unpaired) electrons. The average molecular weight is 294 g/mol. The minimum absolute atomic E-state index is 0.126. The van der Waals surface area contributed by atoms with E-state index in [1.165, 1.54) is 22.8 Å². The molecule has 0 aliphatic carbocycles. The van der Waals surface area contributed by atoms with E-state index < -0.39 is 0 Å². The van der Waals surface area contributed by atoms with Crippen LogP contribution in [0.2, 0.25) is 0 Å². The van der Waals surface area contributed by atoms with Gasteiger partial charge in [-0.3, -0.25) is 4.79 Å². The lowest BCUT2D eigenvalue weighted by molar-refractivity contribution is 0.735. The topological polar surface area (TPSA) is 74.4 Å². The van der Waals surface area contributed by atoms with E-state index in [9.17, 15) is 4.79 Å². The van der Waals surface area contributed by atoms with Crippen LogP contribution in [0.25, 0.3) is 0 Å². The molecule has 0 aliphatic rings. The summed E-state index contributed by atoms with van der Waals surface area (Å²) in [6.07, 6.45) is 4.23. The molecule has 1 aromatic carbocycles. The Labute approximate surface area is 128 Å². The fourth-order valence-electron chi connectivity index (χ4n) is 2.69. The van der Waals surface area contributed by atoms with Gasteiger partial charge in [0.1, 0.15) is 0 Å². The van der Waals surface area contributed by atoms with Crippen molar-refractivity contribution >= 4 is 0 Å². The number of hydrogen-bond donors (Lipinski definition) is 2. The molecular formula is C17H18N4O. The number of nitrogens with one attached hydrogen (secondary N) is 2. The lowest BCUT2D eigenvalue weighted by atomic mass is 9.87. The molecule has 5 nitrogen and oxygen atoms in total. The maximum absolute atomic E-state index is 11.2. The van der Waals surface area contributed by atoms with Crippen LogP contribution >= 0.6 is 0 Å². The van der Waals surface area contributed by atoms with Gasteiger partial charge in [0.2, 0.25) is 0 Å². The highest BCUT2D eigenvalue weighted by Gasteiger charge is 2.19. The van der Waals surface area contributed by atoms with Crippen molar-refractivity contribution < 1.29 is 0 Å². The quantitative estimate of drug-likeness (QED) is 0.776. The number of imidazole rings is 1. The molecule has 112 valence electrons. The van der Waals surface area contributed by atoms with E-state index in [1.54, 1.807) is 12.4 Å². The summed E-state index contributed by atoms with van der Waals surface area (Å²) in [6, 6.07) is 9.60. The van der Waals surface area contributed by atoms with E-state index in [0.717, 1.165) is 11.4 Å². The van der Waals surface area contributed by atoms with Crippen LogP contribution in [0.15, 0.2) is 47.7 Å². The van der Waals surface area contributed by atoms with Crippen LogP contribution in [0.1, 0.15) is 34.0 Å². The second-order valence-electron chi connectivity index (χ2n) is 5.47. The molecule has 0 spiro atoms. The van der Waals surface area contributed by atoms with E-state index in [0.29, 0.717) is 6.42 Å². The van der Waals surface area contributed by atoms with E-state index in [-0.39, 0.29) is 11.5 Å². The Morgan fingerprint density at radius 3 is 2.73 bits per heavy atom. The third kappa shape index (κ3) is 2.83. The number of rotatable bonds is 4. The van der Waals surface area contributed by atoms with Crippen molar-refractivity contribution in [1.82, 2.24) is 20.2 Å². The molecule has 3 rings (SSSR count). The zero-order valence-corrected chi connectivity index (χ0v) is 12.6. The van der Waals surface area contributed by atoms with Gasteiger partial charge in [0, 0.05) is 30.3 Å². The minimum atomic E-state index is -0.187. The first-order valence-corrected chi connectivity index (χ1v) is 7.24. The first-order valence-electron chi connectivity index (χ1n) is 7.24. The zero-order valence-electron chi connectivity index (χ0n) is 12.6. The van der Waals surface area contributed by atoms with Gasteiger partial charge in [-0.15, -0.1) is 0 Å². The van der Waals surface area contributed by atoms with Crippen LogP contribution in [-0.4, -0.2) is 20.2 Å². The number of aryl methyl sites for hydroxylation is 1. The highest BCUT2D eigenvalue weighted by atomic mass is 16.1. The van der Waals surface area contributed by atoms with Gasteiger partial charge in [0.05, 0.1) is 12.0 Å². The summed E-state index contributed by atoms with van der Waals surface area (Å²) in [7, 11) is 0. The largest absolute Gasteiger partial charge is 0.348 e. The van der Waals surface area contributed by atoms with Crippen LogP contribution in [0, 0.1) is 13.8 Å². The summed E-state index contributed by atoms with van der Waals surface area (Å²) < 4.78 is 0. The fourth-order valence-corrected chi connectivity index (χ4v) is 2.69. The molecular weight excluding hydrogens is 276 g/mol. The van der Waals surface area contributed by atoms with Crippen LogP contribution in [0.5, 0.6) is 0 Å². The molecule has 3 aromatic rings. The van der Waals surface area contributed by atoms with Crippen molar-refractivity contribution in [3.8, 4) is 0 Å². The average Bonchev–Trinajstić information content (AvgIpc) is 3.04. The van der Waals surface area contributed by atoms with Crippen LogP contribution in [0.4, 0.5) is 0 Å². The molecule has 22 heavy (non-hydrogen) atoms. The normalized spacial score (nSPS) is 12.3. The summed E-state index contributed by atoms with van der Waals surface area (Å²) in [4.78, 5) is 18.5. The molecule has 1 atom stereocenters. The van der Waals surface area contributed by atoms with Crippen molar-refractivity contribution in [3.63, 3.8) is 0 Å². The second-order valence-corrected chi connectivity index (χ2v) is 5.47. The van der Waals surface area contributed by atoms with Crippen LogP contribution in [0.3, 0.4) is 0 Å². The van der Waals surface area contributed by atoms with Gasteiger partial charge in [-0.1, -0.05) is 18.2 Å². The maximum Gasteiger partial charge on any atom is 0.264 e. The summed E-state index contributed by atoms with van der Waals surface area (Å²) in [5, 5.41) is 6.63. The third-order valence-corrected chi connectivity index (χ3v) is 4.07. The number of benzene rings is 1. The standard InChI is InChI=1S/C17H18N4O/c1-11-4-3-5-14(12(11)2)15(16-9-18-10-19-16)8-13-6-7-17(22)21-20-13/h3-7,9-10,15H,8H2,1-2H3,(H,18,19)(H,21,22). The van der Waals surface area contributed by atoms with Crippen molar-refractivity contribution in [2.45, 2.75) is 26.2 Å². The predicted octanol–water partition coefficient (Wildman–Crippen LogP) is 2.48. The fraction of sp³-hybridized carbons (Fsp3) is 0.235. The molecule has 0 saturated carbocycles. The number of H-pyrrole nitrogens is 2. The lowest BCUT2D eigenvalue weighted by Crippen LogP contribution is -2.12. The monoisotopic (exact) mass is 294 g/mol. The molecule has 2 aromatic heterocycles. The molecule has 0 saturated heterocycles. The van der Waals surface area contributed by atoms with Gasteiger partial charge >= 0.3 is 0 Å². The van der Waals surface area contributed by atoms with E-state index in [1.807, 2.05) is 6.20 Å². The lowest BCUT2D eigenvalue weighted by Gasteiger charge is -2.19. The number of aromatic nitrogens is 4. The summed E-state index contributed by atoms with van der Waals surface area (Å²) in [6.45, 7) is 4.25.